The van der Waals surface area contributed by atoms with Crippen molar-refractivity contribution in [2.75, 3.05) is 11.5 Å². The van der Waals surface area contributed by atoms with Gasteiger partial charge in [0.1, 0.15) is 11.4 Å². The second-order valence-corrected chi connectivity index (χ2v) is 9.05. The summed E-state index contributed by atoms with van der Waals surface area (Å²) in [6.07, 6.45) is -0.965. The maximum Gasteiger partial charge on any atom is 0.284 e. The van der Waals surface area contributed by atoms with Gasteiger partial charge in [-0.05, 0) is 36.4 Å². The maximum absolute atomic E-state index is 13.8. The zero-order valence-corrected chi connectivity index (χ0v) is 17.6. The third-order valence-electron chi connectivity index (χ3n) is 4.85. The first-order chi connectivity index (χ1) is 14.8. The van der Waals surface area contributed by atoms with E-state index in [0.717, 1.165) is 10.7 Å². The molecule has 2 N–H and O–H groups in total. The number of aliphatic hydroxyl groups excluding tert-OH is 1. The Morgan fingerprint density at radius 1 is 1.19 bits per heavy atom. The molecular weight excluding hydrogens is 445 g/mol. The van der Waals surface area contributed by atoms with Crippen molar-refractivity contribution in [2.45, 2.75) is 12.1 Å². The smallest absolute Gasteiger partial charge is 0.284 e. The second-order valence-electron chi connectivity index (χ2n) is 7.07. The maximum atomic E-state index is 13.8. The fraction of sp³-hybridized carbons (Fsp3) is 0.190. The largest absolute Gasteiger partial charge is 0.390 e. The average molecular weight is 462 g/mol. The lowest BCUT2D eigenvalue weighted by molar-refractivity contribution is 0.0886. The summed E-state index contributed by atoms with van der Waals surface area (Å²) in [6, 6.07) is 12.5. The van der Waals surface area contributed by atoms with E-state index in [2.05, 4.69) is 10.4 Å². The number of hydrogen-bond donors (Lipinski definition) is 2. The van der Waals surface area contributed by atoms with Crippen LogP contribution in [0.4, 0.5) is 4.39 Å². The minimum absolute atomic E-state index is 0.0604. The third-order valence-corrected chi connectivity index (χ3v) is 6.55. The molecule has 1 aliphatic heterocycles. The molecule has 31 heavy (non-hydrogen) atoms. The number of carbonyl (C=O) groups is 1. The molecule has 0 bridgehead atoms. The number of halogens is 2. The highest BCUT2D eigenvalue weighted by Gasteiger charge is 2.32. The van der Waals surface area contributed by atoms with E-state index in [9.17, 15) is 23.3 Å². The minimum Gasteiger partial charge on any atom is -0.390 e. The quantitative estimate of drug-likeness (QED) is 0.618. The molecule has 2 aromatic carbocycles. The molecule has 7 nitrogen and oxygen atoms in total. The predicted molar refractivity (Wildman–Crippen MR) is 115 cm³/mol. The van der Waals surface area contributed by atoms with Crippen molar-refractivity contribution in [1.82, 2.24) is 15.1 Å². The van der Waals surface area contributed by atoms with Crippen LogP contribution in [0.5, 0.6) is 0 Å². The Labute approximate surface area is 183 Å². The molecule has 0 unspecified atom stereocenters. The van der Waals surface area contributed by atoms with Gasteiger partial charge >= 0.3 is 0 Å². The monoisotopic (exact) mass is 461 g/mol. The molecule has 0 aliphatic carbocycles. The van der Waals surface area contributed by atoms with Crippen molar-refractivity contribution in [1.29, 1.82) is 0 Å². The highest BCUT2D eigenvalue weighted by molar-refractivity contribution is 7.85. The first-order valence-corrected chi connectivity index (χ1v) is 11.2. The Morgan fingerprint density at radius 3 is 2.58 bits per heavy atom. The number of nitrogens with one attached hydrogen (secondary N) is 1. The van der Waals surface area contributed by atoms with Crippen LogP contribution in [0, 0.1) is 5.82 Å². The summed E-state index contributed by atoms with van der Waals surface area (Å²) >= 11 is 5.94. The Balaban J connectivity index is 1.81. The van der Waals surface area contributed by atoms with Crippen LogP contribution in [-0.4, -0.2) is 48.7 Å². The molecule has 1 amide bonds. The van der Waals surface area contributed by atoms with Gasteiger partial charge in [0.15, 0.2) is 0 Å². The molecule has 4 rings (SSSR count). The van der Waals surface area contributed by atoms with Crippen molar-refractivity contribution in [3.63, 3.8) is 0 Å². The molecule has 160 valence electrons. The van der Waals surface area contributed by atoms with Gasteiger partial charge in [0.2, 0.25) is 0 Å². The van der Waals surface area contributed by atoms with Gasteiger partial charge in [-0.2, -0.15) is 9.78 Å². The standard InChI is InChI=1S/C21H17ClFN3O4S/c22-13-6-4-12(5-7-13)17-9-16(20(28)24-18-10-31(30)11-19(18)27)21(29)26(25-17)15-3-1-2-14(23)8-15/h1-9,18-19,27H,10-11H2,(H,24,28)/t18-,19+,31+/m1/s1. The van der Waals surface area contributed by atoms with E-state index in [1.54, 1.807) is 24.3 Å². The number of rotatable bonds is 4. The van der Waals surface area contributed by atoms with Crippen molar-refractivity contribution < 1.29 is 18.5 Å². The van der Waals surface area contributed by atoms with Crippen molar-refractivity contribution in [2.24, 2.45) is 0 Å². The number of aliphatic hydroxyl groups is 1. The number of nitrogens with zero attached hydrogens (tertiary/aromatic N) is 2. The van der Waals surface area contributed by atoms with E-state index in [1.165, 1.54) is 24.3 Å². The van der Waals surface area contributed by atoms with E-state index >= 15 is 0 Å². The Morgan fingerprint density at radius 2 is 1.94 bits per heavy atom. The fourth-order valence-corrected chi connectivity index (χ4v) is 4.85. The molecule has 1 fully saturated rings. The van der Waals surface area contributed by atoms with Crippen LogP contribution >= 0.6 is 11.6 Å². The highest BCUT2D eigenvalue weighted by atomic mass is 35.5. The van der Waals surface area contributed by atoms with Crippen molar-refractivity contribution >= 4 is 28.3 Å². The zero-order valence-electron chi connectivity index (χ0n) is 16.0. The minimum atomic E-state index is -1.25. The lowest BCUT2D eigenvalue weighted by Crippen LogP contribution is -2.44. The van der Waals surface area contributed by atoms with Gasteiger partial charge in [-0.25, -0.2) is 4.39 Å². The molecule has 1 aliphatic rings. The Kier molecular flexibility index (Phi) is 5.99. The SMILES string of the molecule is O=C(N[C@@H]1C[S@](=O)C[C@@H]1O)c1cc(-c2ccc(Cl)cc2)nn(-c2cccc(F)c2)c1=O. The predicted octanol–water partition coefficient (Wildman–Crippen LogP) is 1.91. The van der Waals surface area contributed by atoms with Gasteiger partial charge in [-0.15, -0.1) is 0 Å². The van der Waals surface area contributed by atoms with Gasteiger partial charge in [0, 0.05) is 27.1 Å². The van der Waals surface area contributed by atoms with Crippen LogP contribution in [0.1, 0.15) is 10.4 Å². The topological polar surface area (TPSA) is 101 Å². The fourth-order valence-electron chi connectivity index (χ4n) is 3.27. The molecule has 2 heterocycles. The summed E-state index contributed by atoms with van der Waals surface area (Å²) in [5.74, 6) is -1.15. The van der Waals surface area contributed by atoms with Gasteiger partial charge in [0.25, 0.3) is 11.5 Å². The summed E-state index contributed by atoms with van der Waals surface area (Å²) in [6.45, 7) is 0. The Hall–Kier alpha value is -2.88. The first kappa shape index (κ1) is 21.4. The molecule has 0 radical (unpaired) electrons. The van der Waals surface area contributed by atoms with Gasteiger partial charge in [-0.3, -0.25) is 13.8 Å². The molecular formula is C21H17ClFN3O4S. The zero-order chi connectivity index (χ0) is 22.1. The van der Waals surface area contributed by atoms with Crippen LogP contribution < -0.4 is 10.9 Å². The van der Waals surface area contributed by atoms with E-state index in [-0.39, 0.29) is 22.8 Å². The van der Waals surface area contributed by atoms with E-state index in [1.807, 2.05) is 0 Å². The van der Waals surface area contributed by atoms with Crippen LogP contribution in [0.2, 0.25) is 5.02 Å². The molecule has 1 saturated heterocycles. The van der Waals surface area contributed by atoms with Crippen molar-refractivity contribution in [3.8, 4) is 16.9 Å². The molecule has 3 atom stereocenters. The van der Waals surface area contributed by atoms with Gasteiger partial charge in [0.05, 0.1) is 29.3 Å². The molecule has 10 heteroatoms. The first-order valence-electron chi connectivity index (χ1n) is 9.32. The number of aromatic nitrogens is 2. The highest BCUT2D eigenvalue weighted by Crippen LogP contribution is 2.21. The van der Waals surface area contributed by atoms with Crippen molar-refractivity contribution in [3.05, 3.63) is 81.4 Å². The Bertz CT molecular complexity index is 1230. The number of amides is 1. The van der Waals surface area contributed by atoms with E-state index in [0.29, 0.717) is 16.3 Å². The van der Waals surface area contributed by atoms with E-state index < -0.39 is 40.2 Å². The van der Waals surface area contributed by atoms with Crippen LogP contribution in [0.3, 0.4) is 0 Å². The summed E-state index contributed by atoms with van der Waals surface area (Å²) in [5, 5.41) is 17.4. The summed E-state index contributed by atoms with van der Waals surface area (Å²) in [7, 11) is -1.25. The molecule has 3 aromatic rings. The average Bonchev–Trinajstić information content (AvgIpc) is 3.05. The molecule has 0 spiro atoms. The van der Waals surface area contributed by atoms with Crippen LogP contribution in [0.25, 0.3) is 16.9 Å². The number of carbonyl (C=O) groups excluding carboxylic acids is 1. The number of benzene rings is 2. The van der Waals surface area contributed by atoms with Crippen LogP contribution in [0.15, 0.2) is 59.4 Å². The van der Waals surface area contributed by atoms with Gasteiger partial charge in [-0.1, -0.05) is 29.8 Å². The lowest BCUT2D eigenvalue weighted by atomic mass is 10.1. The van der Waals surface area contributed by atoms with Gasteiger partial charge < -0.3 is 10.4 Å². The normalized spacial score (nSPS) is 20.5. The number of hydrogen-bond acceptors (Lipinski definition) is 5. The van der Waals surface area contributed by atoms with Crippen LogP contribution in [-0.2, 0) is 10.8 Å². The summed E-state index contributed by atoms with van der Waals surface area (Å²) < 4.78 is 26.4. The summed E-state index contributed by atoms with van der Waals surface area (Å²) in [4.78, 5) is 26.0. The van der Waals surface area contributed by atoms with E-state index in [4.69, 9.17) is 11.6 Å². The molecule has 0 saturated carbocycles. The summed E-state index contributed by atoms with van der Waals surface area (Å²) in [5.41, 5.74) is 0.0345. The lowest BCUT2D eigenvalue weighted by Gasteiger charge is -2.16. The second kappa shape index (κ2) is 8.70. The third kappa shape index (κ3) is 4.58. The molecule has 1 aromatic heterocycles.